The van der Waals surface area contributed by atoms with Gasteiger partial charge in [0, 0.05) is 19.8 Å². The number of hydrogen-bond donors (Lipinski definition) is 1. The average molecular weight is 324 g/mol. The molecule has 0 unspecified atom stereocenters. The summed E-state index contributed by atoms with van der Waals surface area (Å²) in [7, 11) is 1.68. The maximum absolute atomic E-state index is 12.3. The van der Waals surface area contributed by atoms with Crippen molar-refractivity contribution in [1.82, 2.24) is 10.2 Å². The highest BCUT2D eigenvalue weighted by Gasteiger charge is 2.23. The Kier molecular flexibility index (Phi) is 5.66. The lowest BCUT2D eigenvalue weighted by Gasteiger charge is -2.31. The largest absolute Gasteiger partial charge is 0.355 e. The van der Waals surface area contributed by atoms with Crippen molar-refractivity contribution in [2.45, 2.75) is 47.6 Å². The van der Waals surface area contributed by atoms with Gasteiger partial charge in [0.2, 0.25) is 0 Å². The second-order valence-corrected chi connectivity index (χ2v) is 6.54. The first-order chi connectivity index (χ1) is 11.4. The fraction of sp³-hybridized carbons (Fsp3) is 0.381. The first kappa shape index (κ1) is 18.1. The van der Waals surface area contributed by atoms with Gasteiger partial charge in [0.25, 0.3) is 5.91 Å². The minimum atomic E-state index is -0.0392. The molecule has 1 aromatic rings. The molecule has 3 heteroatoms. The molecule has 1 amide bonds. The van der Waals surface area contributed by atoms with Crippen LogP contribution in [0.4, 0.5) is 0 Å². The van der Waals surface area contributed by atoms with E-state index in [0.29, 0.717) is 0 Å². The van der Waals surface area contributed by atoms with Crippen molar-refractivity contribution in [1.29, 1.82) is 0 Å². The van der Waals surface area contributed by atoms with Crippen molar-refractivity contribution >= 4 is 5.91 Å². The molecule has 3 nitrogen and oxygen atoms in total. The number of allylic oxidation sites excluding steroid dienone is 3. The highest BCUT2D eigenvalue weighted by molar-refractivity contribution is 5.98. The van der Waals surface area contributed by atoms with Crippen molar-refractivity contribution in [3.05, 3.63) is 69.6 Å². The van der Waals surface area contributed by atoms with E-state index in [-0.39, 0.29) is 5.91 Å². The maximum atomic E-state index is 12.3. The summed E-state index contributed by atoms with van der Waals surface area (Å²) < 4.78 is 0. The molecule has 0 spiro atoms. The van der Waals surface area contributed by atoms with Crippen LogP contribution in [0.2, 0.25) is 0 Å². The molecule has 0 aromatic heterocycles. The van der Waals surface area contributed by atoms with Crippen LogP contribution in [0.25, 0.3) is 0 Å². The molecule has 0 bridgehead atoms. The average Bonchev–Trinajstić information content (AvgIpc) is 2.55. The number of rotatable bonds is 4. The number of aryl methyl sites for hydroxylation is 1. The van der Waals surface area contributed by atoms with Crippen LogP contribution in [0, 0.1) is 6.92 Å². The zero-order chi connectivity index (χ0) is 17.9. The monoisotopic (exact) mass is 324 g/mol. The third-order valence-electron chi connectivity index (χ3n) is 4.50. The number of likely N-dealkylation sites (N-methyl/N-ethyl adjacent to an activating group) is 1. The Balaban J connectivity index is 2.45. The Labute approximate surface area is 145 Å². The van der Waals surface area contributed by atoms with Gasteiger partial charge in [-0.1, -0.05) is 30.7 Å². The van der Waals surface area contributed by atoms with Gasteiger partial charge in [0.15, 0.2) is 0 Å². The molecule has 1 N–H and O–H groups in total. The van der Waals surface area contributed by atoms with Gasteiger partial charge in [0.1, 0.15) is 0 Å². The summed E-state index contributed by atoms with van der Waals surface area (Å²) >= 11 is 0. The van der Waals surface area contributed by atoms with E-state index in [1.54, 1.807) is 7.05 Å². The number of amides is 1. The molecule has 0 radical (unpaired) electrons. The highest BCUT2D eigenvalue weighted by atomic mass is 16.1. The summed E-state index contributed by atoms with van der Waals surface area (Å²) in [6, 6.07) is 6.49. The Bertz CT molecular complexity index is 734. The Morgan fingerprint density at radius 2 is 1.83 bits per heavy atom. The normalized spacial score (nSPS) is 14.2. The van der Waals surface area contributed by atoms with E-state index < -0.39 is 0 Å². The molecule has 1 heterocycles. The SMILES string of the molecule is CCc1cccc(CN2C=C(C)C=C(C(=O)NC)C2=C(C)C)c1C. The fourth-order valence-corrected chi connectivity index (χ4v) is 3.26. The fourth-order valence-electron chi connectivity index (χ4n) is 3.26. The molecule has 0 aliphatic carbocycles. The van der Waals surface area contributed by atoms with Gasteiger partial charge in [-0.3, -0.25) is 4.79 Å². The molecule has 2 rings (SSSR count). The van der Waals surface area contributed by atoms with E-state index >= 15 is 0 Å². The molecule has 1 aliphatic heterocycles. The van der Waals surface area contributed by atoms with Crippen LogP contribution >= 0.6 is 0 Å². The van der Waals surface area contributed by atoms with Crippen LogP contribution in [-0.2, 0) is 17.8 Å². The zero-order valence-corrected chi connectivity index (χ0v) is 15.7. The lowest BCUT2D eigenvalue weighted by Crippen LogP contribution is -2.30. The van der Waals surface area contributed by atoms with Crippen LogP contribution in [-0.4, -0.2) is 17.9 Å². The van der Waals surface area contributed by atoms with Gasteiger partial charge in [-0.05, 0) is 62.5 Å². The molecular formula is C21H28N2O. The van der Waals surface area contributed by atoms with Gasteiger partial charge in [-0.2, -0.15) is 0 Å². The number of benzene rings is 1. The second-order valence-electron chi connectivity index (χ2n) is 6.54. The summed E-state index contributed by atoms with van der Waals surface area (Å²) in [6.07, 6.45) is 5.13. The van der Waals surface area contributed by atoms with Gasteiger partial charge in [-0.25, -0.2) is 0 Å². The Morgan fingerprint density at radius 3 is 2.42 bits per heavy atom. The van der Waals surface area contributed by atoms with Gasteiger partial charge < -0.3 is 10.2 Å². The number of carbonyl (C=O) groups is 1. The minimum absolute atomic E-state index is 0.0392. The summed E-state index contributed by atoms with van der Waals surface area (Å²) in [4.78, 5) is 14.5. The van der Waals surface area contributed by atoms with Gasteiger partial charge >= 0.3 is 0 Å². The summed E-state index contributed by atoms with van der Waals surface area (Å²) in [6.45, 7) is 11.3. The number of carbonyl (C=O) groups excluding carboxylic acids is 1. The van der Waals surface area contributed by atoms with Crippen LogP contribution in [0.5, 0.6) is 0 Å². The van der Waals surface area contributed by atoms with Crippen LogP contribution in [0.15, 0.2) is 52.9 Å². The number of nitrogens with zero attached hydrogens (tertiary/aromatic N) is 1. The van der Waals surface area contributed by atoms with E-state index in [1.807, 2.05) is 13.0 Å². The van der Waals surface area contributed by atoms with E-state index in [1.165, 1.54) is 16.7 Å². The molecule has 0 saturated carbocycles. The van der Waals surface area contributed by atoms with Crippen molar-refractivity contribution < 1.29 is 4.79 Å². The van der Waals surface area contributed by atoms with Gasteiger partial charge in [0.05, 0.1) is 11.3 Å². The Hall–Kier alpha value is -2.29. The quantitative estimate of drug-likeness (QED) is 0.898. The molecule has 0 saturated heterocycles. The highest BCUT2D eigenvalue weighted by Crippen LogP contribution is 2.29. The summed E-state index contributed by atoms with van der Waals surface area (Å²) in [5.41, 5.74) is 7.99. The smallest absolute Gasteiger partial charge is 0.253 e. The van der Waals surface area contributed by atoms with E-state index in [2.05, 4.69) is 62.3 Å². The topological polar surface area (TPSA) is 32.3 Å². The second kappa shape index (κ2) is 7.52. The van der Waals surface area contributed by atoms with Gasteiger partial charge in [-0.15, -0.1) is 0 Å². The van der Waals surface area contributed by atoms with Crippen molar-refractivity contribution in [2.24, 2.45) is 0 Å². The van der Waals surface area contributed by atoms with Crippen molar-refractivity contribution in [3.8, 4) is 0 Å². The van der Waals surface area contributed by atoms with Crippen LogP contribution < -0.4 is 5.32 Å². The van der Waals surface area contributed by atoms with E-state index in [9.17, 15) is 4.79 Å². The summed E-state index contributed by atoms with van der Waals surface area (Å²) in [5, 5.41) is 2.76. The van der Waals surface area contributed by atoms with E-state index in [0.717, 1.165) is 35.4 Å². The number of nitrogens with one attached hydrogen (secondary N) is 1. The molecule has 0 atom stereocenters. The minimum Gasteiger partial charge on any atom is -0.355 e. The molecule has 128 valence electrons. The predicted octanol–water partition coefficient (Wildman–Crippen LogP) is 4.24. The molecule has 1 aliphatic rings. The molecule has 24 heavy (non-hydrogen) atoms. The lowest BCUT2D eigenvalue weighted by molar-refractivity contribution is -0.116. The zero-order valence-electron chi connectivity index (χ0n) is 15.7. The Morgan fingerprint density at radius 1 is 1.17 bits per heavy atom. The third kappa shape index (κ3) is 3.61. The maximum Gasteiger partial charge on any atom is 0.253 e. The summed E-state index contributed by atoms with van der Waals surface area (Å²) in [5.74, 6) is -0.0392. The number of hydrogen-bond acceptors (Lipinski definition) is 2. The first-order valence-corrected chi connectivity index (χ1v) is 8.53. The van der Waals surface area contributed by atoms with E-state index in [4.69, 9.17) is 0 Å². The third-order valence-corrected chi connectivity index (χ3v) is 4.50. The lowest BCUT2D eigenvalue weighted by atomic mass is 9.97. The standard InChI is InChI=1S/C21H28N2O/c1-7-17-9-8-10-18(16(17)5)13-23-12-15(4)11-19(21(24)22-6)20(23)14(2)3/h8-12H,7,13H2,1-6H3,(H,22,24). The molecular weight excluding hydrogens is 296 g/mol. The molecule has 1 aromatic carbocycles. The van der Waals surface area contributed by atoms with Crippen LogP contribution in [0.3, 0.4) is 0 Å². The predicted molar refractivity (Wildman–Crippen MR) is 100 cm³/mol. The van der Waals surface area contributed by atoms with Crippen molar-refractivity contribution in [2.75, 3.05) is 7.05 Å². The van der Waals surface area contributed by atoms with Crippen LogP contribution in [0.1, 0.15) is 44.4 Å². The molecule has 0 fully saturated rings. The first-order valence-electron chi connectivity index (χ1n) is 8.53. The van der Waals surface area contributed by atoms with Crippen molar-refractivity contribution in [3.63, 3.8) is 0 Å².